The Kier molecular flexibility index (Phi) is 6.54. The number of nitrogens with zero attached hydrogens (tertiary/aromatic N) is 2. The Bertz CT molecular complexity index is 601. The molecule has 1 atom stereocenters. The van der Waals surface area contributed by atoms with Crippen LogP contribution in [0.1, 0.15) is 44.6 Å². The number of hydrogen-bond donors (Lipinski definition) is 1. The quantitative estimate of drug-likeness (QED) is 0.847. The van der Waals surface area contributed by atoms with Crippen molar-refractivity contribution in [2.24, 2.45) is 5.41 Å². The summed E-state index contributed by atoms with van der Waals surface area (Å²) < 4.78 is 5.90. The van der Waals surface area contributed by atoms with Crippen molar-refractivity contribution < 1.29 is 14.6 Å². The number of benzene rings is 1. The lowest BCUT2D eigenvalue weighted by molar-refractivity contribution is -0.134. The standard InChI is InChI=1S/C21H32N2O3/c1-21(17-24)10-7-11-22(16-21)14-18-8-3-4-9-19(18)26-15-20(25)23-12-5-2-6-13-23/h3-4,8-9,24H,2,5-7,10-17H2,1H3/t21-/m1/s1. The average molecular weight is 360 g/mol. The second kappa shape index (κ2) is 8.87. The van der Waals surface area contributed by atoms with Crippen LogP contribution in [-0.2, 0) is 11.3 Å². The zero-order chi connectivity index (χ0) is 18.4. The molecular formula is C21H32N2O3. The highest BCUT2D eigenvalue weighted by molar-refractivity contribution is 5.77. The third-order valence-electron chi connectivity index (χ3n) is 5.67. The molecule has 2 aliphatic heterocycles. The average Bonchev–Trinajstić information content (AvgIpc) is 2.68. The van der Waals surface area contributed by atoms with Crippen molar-refractivity contribution in [1.82, 2.24) is 9.80 Å². The van der Waals surface area contributed by atoms with E-state index in [1.165, 1.54) is 6.42 Å². The summed E-state index contributed by atoms with van der Waals surface area (Å²) in [5.41, 5.74) is 1.10. The number of rotatable bonds is 6. The molecule has 0 bridgehead atoms. The molecule has 0 saturated carbocycles. The summed E-state index contributed by atoms with van der Waals surface area (Å²) >= 11 is 0. The van der Waals surface area contributed by atoms with E-state index in [1.807, 2.05) is 23.1 Å². The van der Waals surface area contributed by atoms with Crippen molar-refractivity contribution in [1.29, 1.82) is 0 Å². The molecular weight excluding hydrogens is 328 g/mol. The lowest BCUT2D eigenvalue weighted by Crippen LogP contribution is -2.43. The molecule has 5 heteroatoms. The molecule has 0 unspecified atom stereocenters. The van der Waals surface area contributed by atoms with Gasteiger partial charge in [0.15, 0.2) is 6.61 Å². The highest BCUT2D eigenvalue weighted by Crippen LogP contribution is 2.30. The first-order valence-electron chi connectivity index (χ1n) is 9.91. The first-order valence-corrected chi connectivity index (χ1v) is 9.91. The molecule has 2 aliphatic rings. The van der Waals surface area contributed by atoms with E-state index < -0.39 is 0 Å². The Hall–Kier alpha value is -1.59. The number of ether oxygens (including phenoxy) is 1. The number of carbonyl (C=O) groups excluding carboxylic acids is 1. The molecule has 0 aliphatic carbocycles. The Labute approximate surface area is 156 Å². The maximum atomic E-state index is 12.4. The summed E-state index contributed by atoms with van der Waals surface area (Å²) in [5, 5.41) is 9.66. The zero-order valence-corrected chi connectivity index (χ0v) is 16.0. The molecule has 1 N–H and O–H groups in total. The Morgan fingerprint density at radius 1 is 1.15 bits per heavy atom. The number of piperidine rings is 2. The van der Waals surface area contributed by atoms with E-state index in [-0.39, 0.29) is 24.5 Å². The van der Waals surface area contributed by atoms with Crippen molar-refractivity contribution in [3.05, 3.63) is 29.8 Å². The number of carbonyl (C=O) groups is 1. The molecule has 26 heavy (non-hydrogen) atoms. The number of aliphatic hydroxyl groups excluding tert-OH is 1. The van der Waals surface area contributed by atoms with E-state index in [0.717, 1.165) is 69.7 Å². The van der Waals surface area contributed by atoms with Gasteiger partial charge in [-0.05, 0) is 44.7 Å². The van der Waals surface area contributed by atoms with Crippen LogP contribution in [0.15, 0.2) is 24.3 Å². The molecule has 0 radical (unpaired) electrons. The van der Waals surface area contributed by atoms with Gasteiger partial charge in [0.05, 0.1) is 0 Å². The molecule has 144 valence electrons. The van der Waals surface area contributed by atoms with Crippen LogP contribution < -0.4 is 4.74 Å². The van der Waals surface area contributed by atoms with Gasteiger partial charge in [0.1, 0.15) is 5.75 Å². The van der Waals surface area contributed by atoms with Gasteiger partial charge in [-0.2, -0.15) is 0 Å². The van der Waals surface area contributed by atoms with Crippen molar-refractivity contribution in [2.75, 3.05) is 39.4 Å². The summed E-state index contributed by atoms with van der Waals surface area (Å²) in [6.45, 7) is 6.94. The molecule has 0 spiro atoms. The van der Waals surface area contributed by atoms with Gasteiger partial charge in [-0.3, -0.25) is 9.69 Å². The highest BCUT2D eigenvalue weighted by Gasteiger charge is 2.30. The van der Waals surface area contributed by atoms with Crippen LogP contribution in [-0.4, -0.2) is 60.2 Å². The zero-order valence-electron chi connectivity index (χ0n) is 16.0. The van der Waals surface area contributed by atoms with Gasteiger partial charge in [-0.15, -0.1) is 0 Å². The van der Waals surface area contributed by atoms with Gasteiger partial charge in [0.25, 0.3) is 5.91 Å². The monoisotopic (exact) mass is 360 g/mol. The van der Waals surface area contributed by atoms with Gasteiger partial charge >= 0.3 is 0 Å². The van der Waals surface area contributed by atoms with Crippen molar-refractivity contribution >= 4 is 5.91 Å². The third kappa shape index (κ3) is 4.98. The lowest BCUT2D eigenvalue weighted by Gasteiger charge is -2.39. The minimum atomic E-state index is -0.0156. The van der Waals surface area contributed by atoms with Gasteiger partial charge in [0.2, 0.25) is 0 Å². The van der Waals surface area contributed by atoms with Crippen LogP contribution in [0, 0.1) is 5.41 Å². The van der Waals surface area contributed by atoms with Crippen molar-refractivity contribution in [2.45, 2.75) is 45.6 Å². The second-order valence-corrected chi connectivity index (χ2v) is 8.12. The van der Waals surface area contributed by atoms with Crippen LogP contribution in [0.3, 0.4) is 0 Å². The Morgan fingerprint density at radius 3 is 2.69 bits per heavy atom. The summed E-state index contributed by atoms with van der Waals surface area (Å²) in [7, 11) is 0. The molecule has 1 aromatic carbocycles. The summed E-state index contributed by atoms with van der Waals surface area (Å²) in [6, 6.07) is 8.00. The van der Waals surface area contributed by atoms with Gasteiger partial charge in [-0.25, -0.2) is 0 Å². The molecule has 0 aromatic heterocycles. The van der Waals surface area contributed by atoms with Crippen LogP contribution in [0.25, 0.3) is 0 Å². The van der Waals surface area contributed by atoms with E-state index in [9.17, 15) is 9.90 Å². The predicted molar refractivity (Wildman–Crippen MR) is 102 cm³/mol. The molecule has 2 heterocycles. The number of likely N-dealkylation sites (tertiary alicyclic amines) is 2. The number of hydrogen-bond acceptors (Lipinski definition) is 4. The lowest BCUT2D eigenvalue weighted by atomic mass is 9.82. The van der Waals surface area contributed by atoms with Crippen LogP contribution in [0.4, 0.5) is 0 Å². The minimum absolute atomic E-state index is 0.0156. The van der Waals surface area contributed by atoms with E-state index in [1.54, 1.807) is 0 Å². The highest BCUT2D eigenvalue weighted by atomic mass is 16.5. The molecule has 2 fully saturated rings. The largest absolute Gasteiger partial charge is 0.483 e. The van der Waals surface area contributed by atoms with Crippen LogP contribution in [0.2, 0.25) is 0 Å². The summed E-state index contributed by atoms with van der Waals surface area (Å²) in [6.07, 6.45) is 5.59. The molecule has 1 amide bonds. The van der Waals surface area contributed by atoms with Crippen molar-refractivity contribution in [3.8, 4) is 5.75 Å². The fourth-order valence-electron chi connectivity index (χ4n) is 4.08. The third-order valence-corrected chi connectivity index (χ3v) is 5.67. The van der Waals surface area contributed by atoms with E-state index >= 15 is 0 Å². The minimum Gasteiger partial charge on any atom is -0.483 e. The van der Waals surface area contributed by atoms with Crippen LogP contribution in [0.5, 0.6) is 5.75 Å². The normalized spacial score (nSPS) is 24.5. The topological polar surface area (TPSA) is 53.0 Å². The fraction of sp³-hybridized carbons (Fsp3) is 0.667. The molecule has 3 rings (SSSR count). The molecule has 1 aromatic rings. The SMILES string of the molecule is C[C@@]1(CO)CCCN(Cc2ccccc2OCC(=O)N2CCCCC2)C1. The first-order chi connectivity index (χ1) is 12.6. The smallest absolute Gasteiger partial charge is 0.260 e. The predicted octanol–water partition coefficient (Wildman–Crippen LogP) is 2.67. The van der Waals surface area contributed by atoms with Crippen LogP contribution >= 0.6 is 0 Å². The van der Waals surface area contributed by atoms with E-state index in [2.05, 4.69) is 17.9 Å². The fourth-order valence-corrected chi connectivity index (χ4v) is 4.08. The summed E-state index contributed by atoms with van der Waals surface area (Å²) in [4.78, 5) is 16.7. The molecule has 5 nitrogen and oxygen atoms in total. The van der Waals surface area contributed by atoms with Gasteiger partial charge in [-0.1, -0.05) is 25.1 Å². The number of aliphatic hydroxyl groups is 1. The Balaban J connectivity index is 1.58. The van der Waals surface area contributed by atoms with Gasteiger partial charge in [0, 0.05) is 43.8 Å². The Morgan fingerprint density at radius 2 is 1.92 bits per heavy atom. The second-order valence-electron chi connectivity index (χ2n) is 8.12. The van der Waals surface area contributed by atoms with E-state index in [0.29, 0.717) is 0 Å². The number of para-hydroxylation sites is 1. The number of amides is 1. The molecule has 2 saturated heterocycles. The maximum Gasteiger partial charge on any atom is 0.260 e. The van der Waals surface area contributed by atoms with Gasteiger partial charge < -0.3 is 14.7 Å². The van der Waals surface area contributed by atoms with E-state index in [4.69, 9.17) is 4.74 Å². The maximum absolute atomic E-state index is 12.4. The summed E-state index contributed by atoms with van der Waals surface area (Å²) in [5.74, 6) is 0.888. The first kappa shape index (κ1) is 19.2. The van der Waals surface area contributed by atoms with Crippen molar-refractivity contribution in [3.63, 3.8) is 0 Å².